The molecule has 1 amide bonds. The van der Waals surface area contributed by atoms with E-state index in [-0.39, 0.29) is 11.9 Å². The number of carbonyl (C=O) groups excluding carboxylic acids is 1. The minimum atomic E-state index is -0.0359. The second kappa shape index (κ2) is 9.60. The number of ether oxygens (including phenoxy) is 2. The molecule has 5 heteroatoms. The van der Waals surface area contributed by atoms with Gasteiger partial charge < -0.3 is 14.8 Å². The van der Waals surface area contributed by atoms with Crippen molar-refractivity contribution in [1.29, 1.82) is 0 Å². The summed E-state index contributed by atoms with van der Waals surface area (Å²) in [6.07, 6.45) is 3.65. The predicted octanol–water partition coefficient (Wildman–Crippen LogP) is 3.97. The minimum Gasteiger partial charge on any atom is -0.493 e. The summed E-state index contributed by atoms with van der Waals surface area (Å²) in [5.41, 5.74) is 2.91. The maximum absolute atomic E-state index is 12.7. The minimum absolute atomic E-state index is 0.0359. The summed E-state index contributed by atoms with van der Waals surface area (Å²) in [6.45, 7) is 4.64. The molecule has 1 aliphatic heterocycles. The Bertz CT molecular complexity index is 800. The molecule has 0 radical (unpaired) electrons. The molecule has 1 heterocycles. The molecule has 1 saturated heterocycles. The fourth-order valence-corrected chi connectivity index (χ4v) is 3.83. The summed E-state index contributed by atoms with van der Waals surface area (Å²) in [7, 11) is 3.29. The van der Waals surface area contributed by atoms with Gasteiger partial charge in [0.15, 0.2) is 11.5 Å². The van der Waals surface area contributed by atoms with Gasteiger partial charge in [0, 0.05) is 12.1 Å². The van der Waals surface area contributed by atoms with Gasteiger partial charge in [0.25, 0.3) is 5.91 Å². The van der Waals surface area contributed by atoms with Crippen LogP contribution in [0.5, 0.6) is 11.5 Å². The number of methoxy groups -OCH3 is 2. The van der Waals surface area contributed by atoms with Crippen molar-refractivity contribution in [2.75, 3.05) is 33.9 Å². The van der Waals surface area contributed by atoms with E-state index < -0.39 is 0 Å². The Labute approximate surface area is 167 Å². The highest BCUT2D eigenvalue weighted by atomic mass is 16.5. The van der Waals surface area contributed by atoms with Crippen LogP contribution in [0.25, 0.3) is 0 Å². The number of likely N-dealkylation sites (tertiary alicyclic amines) is 1. The Balaban J connectivity index is 1.80. The number of piperidine rings is 1. The van der Waals surface area contributed by atoms with Crippen molar-refractivity contribution in [3.05, 3.63) is 59.2 Å². The van der Waals surface area contributed by atoms with Crippen molar-refractivity contribution >= 4 is 5.91 Å². The molecule has 1 aliphatic rings. The van der Waals surface area contributed by atoms with E-state index in [0.717, 1.165) is 24.2 Å². The predicted molar refractivity (Wildman–Crippen MR) is 111 cm³/mol. The smallest absolute Gasteiger partial charge is 0.251 e. The highest BCUT2D eigenvalue weighted by molar-refractivity contribution is 5.94. The van der Waals surface area contributed by atoms with Crippen molar-refractivity contribution in [3.8, 4) is 11.5 Å². The van der Waals surface area contributed by atoms with Crippen LogP contribution in [0.15, 0.2) is 42.5 Å². The molecule has 2 aromatic carbocycles. The number of nitrogens with one attached hydrogen (secondary N) is 1. The first-order chi connectivity index (χ1) is 13.6. The molecule has 1 atom stereocenters. The highest BCUT2D eigenvalue weighted by Crippen LogP contribution is 2.32. The van der Waals surface area contributed by atoms with Gasteiger partial charge in [0.2, 0.25) is 0 Å². The topological polar surface area (TPSA) is 50.8 Å². The zero-order chi connectivity index (χ0) is 19.9. The van der Waals surface area contributed by atoms with Gasteiger partial charge in [-0.1, -0.05) is 30.2 Å². The first-order valence-corrected chi connectivity index (χ1v) is 9.93. The van der Waals surface area contributed by atoms with Crippen molar-refractivity contribution in [2.24, 2.45) is 0 Å². The Kier molecular flexibility index (Phi) is 6.93. The normalized spacial score (nSPS) is 15.7. The number of benzene rings is 2. The van der Waals surface area contributed by atoms with Gasteiger partial charge in [-0.15, -0.1) is 0 Å². The van der Waals surface area contributed by atoms with Gasteiger partial charge >= 0.3 is 0 Å². The lowest BCUT2D eigenvalue weighted by Crippen LogP contribution is -2.40. The van der Waals surface area contributed by atoms with Gasteiger partial charge in [-0.05, 0) is 62.7 Å². The SMILES string of the molecule is COc1ccc(C(CNC(=O)c2cccc(C)c2)N2CCCCC2)cc1OC. The van der Waals surface area contributed by atoms with E-state index in [2.05, 4.69) is 16.3 Å². The summed E-state index contributed by atoms with van der Waals surface area (Å²) in [4.78, 5) is 15.1. The number of rotatable bonds is 7. The zero-order valence-electron chi connectivity index (χ0n) is 17.0. The van der Waals surface area contributed by atoms with E-state index >= 15 is 0 Å². The molecule has 5 nitrogen and oxygen atoms in total. The second-order valence-corrected chi connectivity index (χ2v) is 7.31. The van der Waals surface area contributed by atoms with Crippen molar-refractivity contribution in [2.45, 2.75) is 32.2 Å². The molecule has 0 aromatic heterocycles. The Morgan fingerprint density at radius 3 is 2.46 bits per heavy atom. The van der Waals surface area contributed by atoms with Crippen molar-refractivity contribution in [3.63, 3.8) is 0 Å². The maximum Gasteiger partial charge on any atom is 0.251 e. The molecule has 0 spiro atoms. The van der Waals surface area contributed by atoms with Crippen LogP contribution in [0, 0.1) is 6.92 Å². The third-order valence-corrected chi connectivity index (χ3v) is 5.36. The molecular weight excluding hydrogens is 352 g/mol. The number of hydrogen-bond acceptors (Lipinski definition) is 4. The average molecular weight is 383 g/mol. The van der Waals surface area contributed by atoms with Gasteiger partial charge in [-0.3, -0.25) is 9.69 Å². The molecular formula is C23H30N2O3. The van der Waals surface area contributed by atoms with Crippen LogP contribution in [0.3, 0.4) is 0 Å². The lowest BCUT2D eigenvalue weighted by atomic mass is 10.0. The van der Waals surface area contributed by atoms with E-state index in [1.54, 1.807) is 14.2 Å². The number of amides is 1. The molecule has 150 valence electrons. The Morgan fingerprint density at radius 2 is 1.79 bits per heavy atom. The van der Waals surface area contributed by atoms with Crippen LogP contribution >= 0.6 is 0 Å². The number of carbonyl (C=O) groups is 1. The third kappa shape index (κ3) is 4.84. The molecule has 3 rings (SSSR count). The highest BCUT2D eigenvalue weighted by Gasteiger charge is 2.24. The third-order valence-electron chi connectivity index (χ3n) is 5.36. The van der Waals surface area contributed by atoms with E-state index in [4.69, 9.17) is 9.47 Å². The lowest BCUT2D eigenvalue weighted by molar-refractivity contribution is 0.0924. The molecule has 1 N–H and O–H groups in total. The van der Waals surface area contributed by atoms with Crippen molar-refractivity contribution in [1.82, 2.24) is 10.2 Å². The summed E-state index contributed by atoms with van der Waals surface area (Å²) < 4.78 is 10.9. The first-order valence-electron chi connectivity index (χ1n) is 9.93. The monoisotopic (exact) mass is 382 g/mol. The van der Waals surface area contributed by atoms with Crippen LogP contribution in [-0.4, -0.2) is 44.7 Å². The first kappa shape index (κ1) is 20.2. The van der Waals surface area contributed by atoms with Crippen LogP contribution in [0.1, 0.15) is 46.8 Å². The molecule has 2 aromatic rings. The molecule has 28 heavy (non-hydrogen) atoms. The largest absolute Gasteiger partial charge is 0.493 e. The van der Waals surface area contributed by atoms with E-state index in [1.165, 1.54) is 19.3 Å². The lowest BCUT2D eigenvalue weighted by Gasteiger charge is -2.35. The summed E-state index contributed by atoms with van der Waals surface area (Å²) in [5.74, 6) is 1.39. The zero-order valence-corrected chi connectivity index (χ0v) is 17.0. The number of nitrogens with zero attached hydrogens (tertiary/aromatic N) is 1. The molecule has 1 unspecified atom stereocenters. The van der Waals surface area contributed by atoms with E-state index in [1.807, 2.05) is 43.3 Å². The number of hydrogen-bond donors (Lipinski definition) is 1. The van der Waals surface area contributed by atoms with E-state index in [9.17, 15) is 4.79 Å². The Hall–Kier alpha value is -2.53. The summed E-state index contributed by atoms with van der Waals surface area (Å²) >= 11 is 0. The quantitative estimate of drug-likeness (QED) is 0.787. The van der Waals surface area contributed by atoms with Crippen LogP contribution in [0.4, 0.5) is 0 Å². The van der Waals surface area contributed by atoms with Crippen molar-refractivity contribution < 1.29 is 14.3 Å². The van der Waals surface area contributed by atoms with Crippen LogP contribution in [0.2, 0.25) is 0 Å². The maximum atomic E-state index is 12.7. The fourth-order valence-electron chi connectivity index (χ4n) is 3.83. The molecule has 0 saturated carbocycles. The average Bonchev–Trinajstić information content (AvgIpc) is 2.74. The van der Waals surface area contributed by atoms with Gasteiger partial charge in [-0.2, -0.15) is 0 Å². The van der Waals surface area contributed by atoms with Gasteiger partial charge in [0.1, 0.15) is 0 Å². The van der Waals surface area contributed by atoms with E-state index in [0.29, 0.717) is 23.6 Å². The second-order valence-electron chi connectivity index (χ2n) is 7.31. The molecule has 0 bridgehead atoms. The summed E-state index contributed by atoms with van der Waals surface area (Å²) in [5, 5.41) is 3.14. The fraction of sp³-hybridized carbons (Fsp3) is 0.435. The number of aryl methyl sites for hydroxylation is 1. The van der Waals surface area contributed by atoms with Gasteiger partial charge in [-0.25, -0.2) is 0 Å². The summed E-state index contributed by atoms with van der Waals surface area (Å²) in [6, 6.07) is 13.8. The molecule has 0 aliphatic carbocycles. The van der Waals surface area contributed by atoms with Crippen LogP contribution in [-0.2, 0) is 0 Å². The molecule has 1 fully saturated rings. The van der Waals surface area contributed by atoms with Gasteiger partial charge in [0.05, 0.1) is 20.3 Å². The Morgan fingerprint density at radius 1 is 1.04 bits per heavy atom. The van der Waals surface area contributed by atoms with Crippen LogP contribution < -0.4 is 14.8 Å². The standard InChI is InChI=1S/C23H30N2O3/c1-17-8-7-9-19(14-17)23(26)24-16-20(25-12-5-4-6-13-25)18-10-11-21(27-2)22(15-18)28-3/h7-11,14-15,20H,4-6,12-13,16H2,1-3H3,(H,24,26).